The van der Waals surface area contributed by atoms with E-state index in [0.29, 0.717) is 11.5 Å². The number of hydrogen-bond donors (Lipinski definition) is 1. The van der Waals surface area contributed by atoms with Crippen LogP contribution in [-0.4, -0.2) is 84.8 Å². The summed E-state index contributed by atoms with van der Waals surface area (Å²) < 4.78 is 16.0. The van der Waals surface area contributed by atoms with Crippen LogP contribution in [0.1, 0.15) is 54.0 Å². The van der Waals surface area contributed by atoms with Crippen molar-refractivity contribution in [3.8, 4) is 0 Å². The lowest BCUT2D eigenvalue weighted by atomic mass is 9.85. The number of benzene rings is 1. The highest BCUT2D eigenvalue weighted by atomic mass is 19.1. The summed E-state index contributed by atoms with van der Waals surface area (Å²) in [6.07, 6.45) is 2.28. The Hall–Kier alpha value is -4.35. The van der Waals surface area contributed by atoms with Crippen molar-refractivity contribution < 1.29 is 23.6 Å². The van der Waals surface area contributed by atoms with Crippen molar-refractivity contribution in [3.63, 3.8) is 0 Å². The molecule has 1 aromatic carbocycles. The molecule has 2 fully saturated rings. The quantitative estimate of drug-likeness (QED) is 0.461. The molecule has 0 saturated carbocycles. The van der Waals surface area contributed by atoms with E-state index in [-0.39, 0.29) is 61.8 Å². The Morgan fingerprint density at radius 3 is 2.49 bits per heavy atom. The number of nitrogens with zero attached hydrogens (tertiary/aromatic N) is 6. The van der Waals surface area contributed by atoms with Crippen LogP contribution in [0, 0.1) is 25.6 Å². The van der Waals surface area contributed by atoms with Crippen LogP contribution in [0.3, 0.4) is 0 Å². The highest BCUT2D eigenvalue weighted by Gasteiger charge is 2.57. The number of piperidine rings is 1. The van der Waals surface area contributed by atoms with Crippen molar-refractivity contribution in [2.24, 2.45) is 5.92 Å². The molecule has 11 nitrogen and oxygen atoms in total. The Morgan fingerprint density at radius 2 is 1.80 bits per heavy atom. The summed E-state index contributed by atoms with van der Waals surface area (Å²) in [5, 5.41) is 7.00. The molecule has 5 amide bonds. The summed E-state index contributed by atoms with van der Waals surface area (Å²) in [6.45, 7) is 7.83. The van der Waals surface area contributed by atoms with Gasteiger partial charge in [0.1, 0.15) is 23.2 Å². The van der Waals surface area contributed by atoms with Crippen molar-refractivity contribution in [3.05, 3.63) is 64.9 Å². The van der Waals surface area contributed by atoms with Crippen molar-refractivity contribution in [1.29, 1.82) is 0 Å². The molecular weight excluding hydrogens is 529 g/mol. The topological polar surface area (TPSA) is 120 Å². The normalized spacial score (nSPS) is 17.7. The SMILES string of the molecule is Cc1ccc(F)c(C(=O)N[C@@H](C(=O)N2CCC3(CC2)C(=O)N(C)C(=O)N3Cc2ccn3nc(C)nc3c2)C(C)C)c1. The number of likely N-dealkylation sites (N-methyl/N-ethyl adjacent to an activating group) is 1. The van der Waals surface area contributed by atoms with E-state index in [1.807, 2.05) is 26.0 Å². The number of urea groups is 1. The standard InChI is InChI=1S/C29H34FN7O4/c1-17(2)24(32-25(38)21-14-18(3)6-7-22(21)30)26(39)35-12-9-29(10-13-35)27(40)34(5)28(41)36(29)16-20-8-11-37-23(15-20)31-19(4)33-37/h6-8,11,14-15,17,24H,9-10,12-13,16H2,1-5H3,(H,32,38)/t24-/m1/s1. The third kappa shape index (κ3) is 5.02. The van der Waals surface area contributed by atoms with E-state index in [9.17, 15) is 23.6 Å². The Labute approximate surface area is 237 Å². The van der Waals surface area contributed by atoms with Crippen molar-refractivity contribution in [1.82, 2.24) is 34.6 Å². The van der Waals surface area contributed by atoms with Gasteiger partial charge in [-0.3, -0.25) is 19.3 Å². The Kier molecular flexibility index (Phi) is 7.26. The minimum absolute atomic E-state index is 0.116. The second-order valence-electron chi connectivity index (χ2n) is 11.3. The zero-order valence-electron chi connectivity index (χ0n) is 23.8. The molecule has 5 rings (SSSR count). The summed E-state index contributed by atoms with van der Waals surface area (Å²) in [7, 11) is 1.48. The summed E-state index contributed by atoms with van der Waals surface area (Å²) in [5.74, 6) is -1.55. The van der Waals surface area contributed by atoms with Gasteiger partial charge >= 0.3 is 6.03 Å². The van der Waals surface area contributed by atoms with Gasteiger partial charge in [-0.1, -0.05) is 25.5 Å². The minimum Gasteiger partial charge on any atom is -0.341 e. The van der Waals surface area contributed by atoms with Crippen LogP contribution in [0.2, 0.25) is 0 Å². The molecule has 1 spiro atoms. The molecule has 2 aromatic heterocycles. The molecule has 3 aromatic rings. The molecule has 0 unspecified atom stereocenters. The van der Waals surface area contributed by atoms with E-state index in [1.165, 1.54) is 19.2 Å². The highest BCUT2D eigenvalue weighted by molar-refractivity contribution is 6.07. The third-order valence-corrected chi connectivity index (χ3v) is 8.07. The predicted molar refractivity (Wildman–Crippen MR) is 147 cm³/mol. The maximum atomic E-state index is 14.3. The maximum absolute atomic E-state index is 14.3. The fourth-order valence-electron chi connectivity index (χ4n) is 5.74. The third-order valence-electron chi connectivity index (χ3n) is 8.07. The van der Waals surface area contributed by atoms with Crippen LogP contribution in [0.25, 0.3) is 5.65 Å². The van der Waals surface area contributed by atoms with Crippen LogP contribution in [0.5, 0.6) is 0 Å². The number of aryl methyl sites for hydroxylation is 2. The molecule has 216 valence electrons. The molecule has 12 heteroatoms. The fourth-order valence-corrected chi connectivity index (χ4v) is 5.74. The van der Waals surface area contributed by atoms with Crippen LogP contribution in [-0.2, 0) is 16.1 Å². The van der Waals surface area contributed by atoms with E-state index in [4.69, 9.17) is 0 Å². The van der Waals surface area contributed by atoms with Gasteiger partial charge in [0.15, 0.2) is 5.65 Å². The first-order valence-corrected chi connectivity index (χ1v) is 13.7. The number of likely N-dealkylation sites (tertiary alicyclic amines) is 1. The van der Waals surface area contributed by atoms with E-state index >= 15 is 0 Å². The highest BCUT2D eigenvalue weighted by Crippen LogP contribution is 2.38. The lowest BCUT2D eigenvalue weighted by molar-refractivity contribution is -0.142. The molecular formula is C29H34FN7O4. The van der Waals surface area contributed by atoms with Gasteiger partial charge in [-0.15, -0.1) is 0 Å². The number of halogens is 1. The number of amides is 5. The van der Waals surface area contributed by atoms with Gasteiger partial charge in [0.2, 0.25) is 5.91 Å². The first-order valence-electron chi connectivity index (χ1n) is 13.7. The van der Waals surface area contributed by atoms with Gasteiger partial charge in [-0.05, 0) is 62.4 Å². The average molecular weight is 564 g/mol. The lowest BCUT2D eigenvalue weighted by Crippen LogP contribution is -2.60. The van der Waals surface area contributed by atoms with Gasteiger partial charge in [0.25, 0.3) is 11.8 Å². The van der Waals surface area contributed by atoms with Gasteiger partial charge in [-0.25, -0.2) is 18.7 Å². The molecule has 41 heavy (non-hydrogen) atoms. The van der Waals surface area contributed by atoms with Crippen LogP contribution in [0.15, 0.2) is 36.5 Å². The monoisotopic (exact) mass is 563 g/mol. The van der Waals surface area contributed by atoms with Crippen molar-refractivity contribution >= 4 is 29.4 Å². The number of imide groups is 1. The Balaban J connectivity index is 1.32. The molecule has 1 atom stereocenters. The van der Waals surface area contributed by atoms with E-state index in [0.717, 1.165) is 16.0 Å². The van der Waals surface area contributed by atoms with Gasteiger partial charge in [0, 0.05) is 32.9 Å². The Bertz CT molecular complexity index is 1540. The smallest absolute Gasteiger partial charge is 0.327 e. The second kappa shape index (κ2) is 10.6. The molecule has 2 saturated heterocycles. The number of pyridine rings is 1. The number of rotatable bonds is 6. The average Bonchev–Trinajstić information content (AvgIpc) is 3.39. The van der Waals surface area contributed by atoms with Crippen LogP contribution >= 0.6 is 0 Å². The van der Waals surface area contributed by atoms with E-state index < -0.39 is 23.3 Å². The van der Waals surface area contributed by atoms with E-state index in [1.54, 1.807) is 40.4 Å². The van der Waals surface area contributed by atoms with Gasteiger partial charge < -0.3 is 15.1 Å². The Morgan fingerprint density at radius 1 is 1.10 bits per heavy atom. The number of nitrogens with one attached hydrogen (secondary N) is 1. The molecule has 2 aliphatic rings. The second-order valence-corrected chi connectivity index (χ2v) is 11.3. The van der Waals surface area contributed by atoms with Crippen LogP contribution in [0.4, 0.5) is 9.18 Å². The predicted octanol–water partition coefficient (Wildman–Crippen LogP) is 2.70. The lowest BCUT2D eigenvalue weighted by Gasteiger charge is -2.43. The summed E-state index contributed by atoms with van der Waals surface area (Å²) in [4.78, 5) is 61.9. The molecule has 0 aliphatic carbocycles. The molecule has 4 heterocycles. The minimum atomic E-state index is -1.08. The zero-order chi connectivity index (χ0) is 29.6. The van der Waals surface area contributed by atoms with Gasteiger partial charge in [-0.2, -0.15) is 5.10 Å². The number of hydrogen-bond acceptors (Lipinski definition) is 6. The number of carbonyl (C=O) groups is 4. The number of fused-ring (bicyclic) bond motifs is 1. The van der Waals surface area contributed by atoms with E-state index in [2.05, 4.69) is 15.4 Å². The summed E-state index contributed by atoms with van der Waals surface area (Å²) in [6, 6.07) is 6.67. The molecule has 2 aliphatic heterocycles. The van der Waals surface area contributed by atoms with Crippen LogP contribution < -0.4 is 5.32 Å². The fraction of sp³-hybridized carbons (Fsp3) is 0.448. The largest absolute Gasteiger partial charge is 0.341 e. The van der Waals surface area contributed by atoms with Gasteiger partial charge in [0.05, 0.1) is 5.56 Å². The molecule has 1 N–H and O–H groups in total. The summed E-state index contributed by atoms with van der Waals surface area (Å²) >= 11 is 0. The summed E-state index contributed by atoms with van der Waals surface area (Å²) in [5.41, 5.74) is 0.985. The maximum Gasteiger partial charge on any atom is 0.327 e. The first-order chi connectivity index (χ1) is 19.4. The zero-order valence-corrected chi connectivity index (χ0v) is 23.8. The molecule has 0 bridgehead atoms. The first kappa shape index (κ1) is 28.2. The number of carbonyl (C=O) groups excluding carboxylic acids is 4. The number of aromatic nitrogens is 3. The molecule has 0 radical (unpaired) electrons. The van der Waals surface area contributed by atoms with Crippen molar-refractivity contribution in [2.45, 2.75) is 58.7 Å². The van der Waals surface area contributed by atoms with Crippen molar-refractivity contribution in [2.75, 3.05) is 20.1 Å².